The van der Waals surface area contributed by atoms with E-state index in [1.807, 2.05) is 66.7 Å². The number of hydrogen-bond acceptors (Lipinski definition) is 4. The van der Waals surface area contributed by atoms with Gasteiger partial charge in [0.1, 0.15) is 18.2 Å². The third kappa shape index (κ3) is 7.54. The maximum Gasteiger partial charge on any atom is 0.220 e. The van der Waals surface area contributed by atoms with Crippen LogP contribution in [0.25, 0.3) is 10.9 Å². The molecule has 1 aliphatic rings. The molecular formula is C37H38FN3O3. The van der Waals surface area contributed by atoms with Crippen molar-refractivity contribution < 1.29 is 18.7 Å². The van der Waals surface area contributed by atoms with Gasteiger partial charge in [0.15, 0.2) is 0 Å². The molecule has 0 spiro atoms. The quantitative estimate of drug-likeness (QED) is 0.183. The number of halogens is 1. The lowest BCUT2D eigenvalue weighted by atomic mass is 9.88. The molecular weight excluding hydrogens is 553 g/mol. The third-order valence-corrected chi connectivity index (χ3v) is 8.21. The second-order valence-corrected chi connectivity index (χ2v) is 11.3. The van der Waals surface area contributed by atoms with E-state index in [1.54, 1.807) is 0 Å². The van der Waals surface area contributed by atoms with Crippen LogP contribution >= 0.6 is 0 Å². The predicted molar refractivity (Wildman–Crippen MR) is 171 cm³/mol. The van der Waals surface area contributed by atoms with Crippen molar-refractivity contribution in [2.45, 2.75) is 25.5 Å². The fraction of sp³-hybridized carbons (Fsp3) is 0.270. The Hall–Kier alpha value is -4.46. The Kier molecular flexibility index (Phi) is 9.65. The second kappa shape index (κ2) is 14.3. The van der Waals surface area contributed by atoms with E-state index in [0.29, 0.717) is 26.1 Å². The van der Waals surface area contributed by atoms with Crippen LogP contribution in [0.2, 0.25) is 0 Å². The number of ether oxygens (including phenoxy) is 2. The minimum absolute atomic E-state index is 0.00855. The monoisotopic (exact) mass is 591 g/mol. The van der Waals surface area contributed by atoms with E-state index >= 15 is 0 Å². The molecule has 5 aromatic rings. The summed E-state index contributed by atoms with van der Waals surface area (Å²) in [5.74, 6) is 0.326. The molecule has 1 aromatic heterocycles. The number of fused-ring (bicyclic) bond motifs is 1. The zero-order valence-corrected chi connectivity index (χ0v) is 24.8. The number of nitrogens with one attached hydrogen (secondary N) is 1. The first-order valence-electron chi connectivity index (χ1n) is 15.3. The van der Waals surface area contributed by atoms with Crippen molar-refractivity contribution in [3.8, 4) is 5.75 Å². The molecule has 2 heterocycles. The summed E-state index contributed by atoms with van der Waals surface area (Å²) in [6, 6.07) is 33.1. The van der Waals surface area contributed by atoms with Gasteiger partial charge in [-0.2, -0.15) is 0 Å². The summed E-state index contributed by atoms with van der Waals surface area (Å²) in [4.78, 5) is 15.8. The molecule has 0 saturated carbocycles. The Balaban J connectivity index is 1.28. The van der Waals surface area contributed by atoms with Gasteiger partial charge in [-0.3, -0.25) is 9.69 Å². The van der Waals surface area contributed by atoms with E-state index in [2.05, 4.69) is 45.2 Å². The van der Waals surface area contributed by atoms with Crippen LogP contribution in [-0.4, -0.2) is 54.8 Å². The summed E-state index contributed by atoms with van der Waals surface area (Å²) in [6.45, 7) is 5.72. The summed E-state index contributed by atoms with van der Waals surface area (Å²) < 4.78 is 27.4. The van der Waals surface area contributed by atoms with Gasteiger partial charge in [-0.05, 0) is 52.6 Å². The van der Waals surface area contributed by atoms with Crippen LogP contribution in [0.4, 0.5) is 4.39 Å². The largest absolute Gasteiger partial charge is 0.489 e. The first-order chi connectivity index (χ1) is 21.6. The van der Waals surface area contributed by atoms with Crippen LogP contribution < -0.4 is 10.1 Å². The lowest BCUT2D eigenvalue weighted by Crippen LogP contribution is -2.41. The van der Waals surface area contributed by atoms with Gasteiger partial charge in [-0.25, -0.2) is 4.39 Å². The molecule has 7 heteroatoms. The number of amides is 1. The molecule has 1 N–H and O–H groups in total. The Morgan fingerprint density at radius 1 is 0.886 bits per heavy atom. The zero-order chi connectivity index (χ0) is 30.1. The van der Waals surface area contributed by atoms with Crippen molar-refractivity contribution >= 4 is 16.8 Å². The maximum absolute atomic E-state index is 13.6. The number of para-hydroxylation sites is 1. The summed E-state index contributed by atoms with van der Waals surface area (Å²) in [5, 5.41) is 4.26. The lowest BCUT2D eigenvalue weighted by Gasteiger charge is -2.26. The van der Waals surface area contributed by atoms with Crippen molar-refractivity contribution in [2.75, 3.05) is 39.4 Å². The Labute approximate surface area is 258 Å². The highest BCUT2D eigenvalue weighted by molar-refractivity contribution is 5.87. The van der Waals surface area contributed by atoms with Gasteiger partial charge < -0.3 is 19.4 Å². The SMILES string of the molecule is O=C(CC(c1cccc(OCc2ccccc2)c1)c1cn(Cc2ccc(F)cc2)c2ccccc12)NCCN1CCOCC1. The van der Waals surface area contributed by atoms with Crippen molar-refractivity contribution in [3.05, 3.63) is 137 Å². The average Bonchev–Trinajstić information content (AvgIpc) is 3.42. The first kappa shape index (κ1) is 29.6. The molecule has 1 unspecified atom stereocenters. The van der Waals surface area contributed by atoms with Crippen LogP contribution in [0.5, 0.6) is 5.75 Å². The molecule has 6 nitrogen and oxygen atoms in total. The second-order valence-electron chi connectivity index (χ2n) is 11.3. The Morgan fingerprint density at radius 2 is 1.66 bits per heavy atom. The predicted octanol–water partition coefficient (Wildman–Crippen LogP) is 6.38. The fourth-order valence-corrected chi connectivity index (χ4v) is 5.88. The van der Waals surface area contributed by atoms with Gasteiger partial charge in [0.05, 0.1) is 13.2 Å². The molecule has 44 heavy (non-hydrogen) atoms. The maximum atomic E-state index is 13.6. The van der Waals surface area contributed by atoms with Crippen molar-refractivity contribution in [1.82, 2.24) is 14.8 Å². The molecule has 0 bridgehead atoms. The smallest absolute Gasteiger partial charge is 0.220 e. The fourth-order valence-electron chi connectivity index (χ4n) is 5.88. The van der Waals surface area contributed by atoms with Gasteiger partial charge in [-0.1, -0.05) is 72.8 Å². The number of aromatic nitrogens is 1. The number of carbonyl (C=O) groups is 1. The van der Waals surface area contributed by atoms with Crippen molar-refractivity contribution in [2.24, 2.45) is 0 Å². The van der Waals surface area contributed by atoms with Crippen LogP contribution in [0.1, 0.15) is 34.6 Å². The van der Waals surface area contributed by atoms with Gasteiger partial charge in [0, 0.05) is 62.2 Å². The minimum atomic E-state index is -0.249. The van der Waals surface area contributed by atoms with Crippen LogP contribution in [-0.2, 0) is 22.7 Å². The van der Waals surface area contributed by atoms with Gasteiger partial charge >= 0.3 is 0 Å². The zero-order valence-electron chi connectivity index (χ0n) is 24.8. The van der Waals surface area contributed by atoms with Gasteiger partial charge in [-0.15, -0.1) is 0 Å². The van der Waals surface area contributed by atoms with Crippen LogP contribution in [0.3, 0.4) is 0 Å². The van der Waals surface area contributed by atoms with Crippen molar-refractivity contribution in [1.29, 1.82) is 0 Å². The molecule has 4 aromatic carbocycles. The first-order valence-corrected chi connectivity index (χ1v) is 15.3. The standard InChI is InChI=1S/C37H38FN3O3/c38-31-15-13-28(14-16-31)25-41-26-35(33-11-4-5-12-36(33)41)34(24-37(42)39-17-18-40-19-21-43-22-20-40)30-9-6-10-32(23-30)44-27-29-7-2-1-3-8-29/h1-16,23,26,34H,17-22,24-25,27H2,(H,39,42). The summed E-state index contributed by atoms with van der Waals surface area (Å²) >= 11 is 0. The van der Waals surface area contributed by atoms with Gasteiger partial charge in [0.2, 0.25) is 5.91 Å². The van der Waals surface area contributed by atoms with E-state index < -0.39 is 0 Å². The Morgan fingerprint density at radius 3 is 2.48 bits per heavy atom. The molecule has 1 aliphatic heterocycles. The van der Waals surface area contributed by atoms with E-state index in [-0.39, 0.29) is 17.6 Å². The number of hydrogen-bond donors (Lipinski definition) is 1. The molecule has 0 radical (unpaired) electrons. The molecule has 1 fully saturated rings. The molecule has 6 rings (SSSR count). The number of morpholine rings is 1. The number of rotatable bonds is 12. The summed E-state index contributed by atoms with van der Waals surface area (Å²) in [5.41, 5.74) is 5.27. The summed E-state index contributed by atoms with van der Waals surface area (Å²) in [7, 11) is 0. The Bertz CT molecular complexity index is 1660. The van der Waals surface area contributed by atoms with E-state index in [9.17, 15) is 9.18 Å². The molecule has 226 valence electrons. The average molecular weight is 592 g/mol. The highest BCUT2D eigenvalue weighted by atomic mass is 19.1. The lowest BCUT2D eigenvalue weighted by molar-refractivity contribution is -0.121. The molecule has 0 aliphatic carbocycles. The number of benzene rings is 4. The van der Waals surface area contributed by atoms with Crippen molar-refractivity contribution in [3.63, 3.8) is 0 Å². The number of carbonyl (C=O) groups excluding carboxylic acids is 1. The third-order valence-electron chi connectivity index (χ3n) is 8.21. The molecule has 1 amide bonds. The minimum Gasteiger partial charge on any atom is -0.489 e. The molecule has 1 atom stereocenters. The topological polar surface area (TPSA) is 55.7 Å². The molecule has 1 saturated heterocycles. The highest BCUT2D eigenvalue weighted by Crippen LogP contribution is 2.36. The van der Waals surface area contributed by atoms with E-state index in [0.717, 1.165) is 71.8 Å². The van der Waals surface area contributed by atoms with Crippen LogP contribution in [0, 0.1) is 5.82 Å². The van der Waals surface area contributed by atoms with Gasteiger partial charge in [0.25, 0.3) is 0 Å². The highest BCUT2D eigenvalue weighted by Gasteiger charge is 2.24. The van der Waals surface area contributed by atoms with E-state index in [1.165, 1.54) is 12.1 Å². The summed E-state index contributed by atoms with van der Waals surface area (Å²) in [6.07, 6.45) is 2.45. The van der Waals surface area contributed by atoms with Crippen LogP contribution in [0.15, 0.2) is 109 Å². The van der Waals surface area contributed by atoms with E-state index in [4.69, 9.17) is 9.47 Å². The number of nitrogens with zero attached hydrogens (tertiary/aromatic N) is 2. The normalized spacial score (nSPS) is 14.4.